The van der Waals surface area contributed by atoms with Crippen molar-refractivity contribution >= 4 is 5.91 Å². The lowest BCUT2D eigenvalue weighted by molar-refractivity contribution is -0.359. The molecule has 9 N–H and O–H groups in total. The molecule has 0 aliphatic carbocycles. The molecule has 86 heavy (non-hydrogen) atoms. The molecule has 12 unspecified atom stereocenters. The van der Waals surface area contributed by atoms with Crippen molar-refractivity contribution in [3.63, 3.8) is 0 Å². The maximum atomic E-state index is 13.4. The third-order valence-corrected chi connectivity index (χ3v) is 18.8. The van der Waals surface area contributed by atoms with Crippen LogP contribution < -0.4 is 5.32 Å². The zero-order valence-corrected chi connectivity index (χ0v) is 55.9. The van der Waals surface area contributed by atoms with Crippen LogP contribution in [-0.2, 0) is 23.7 Å². The van der Waals surface area contributed by atoms with Gasteiger partial charge in [-0.1, -0.05) is 341 Å². The second-order valence-corrected chi connectivity index (χ2v) is 26.8. The first-order valence-electron chi connectivity index (χ1n) is 37.3. The second-order valence-electron chi connectivity index (χ2n) is 26.8. The number of hydrogen-bond acceptors (Lipinski definition) is 13. The van der Waals surface area contributed by atoms with E-state index in [1.165, 1.54) is 283 Å². The number of nitrogens with one attached hydrogen (secondary N) is 1. The Hall–Kier alpha value is -1.01. The molecule has 12 atom stereocenters. The van der Waals surface area contributed by atoms with Crippen molar-refractivity contribution in [3.8, 4) is 0 Å². The second kappa shape index (κ2) is 57.9. The minimum absolute atomic E-state index is 0.196. The van der Waals surface area contributed by atoms with E-state index in [2.05, 4.69) is 19.2 Å². The lowest BCUT2D eigenvalue weighted by Crippen LogP contribution is -2.65. The molecular weight excluding hydrogens is 1090 g/mol. The third kappa shape index (κ3) is 41.5. The number of aliphatic hydroxyl groups excluding tert-OH is 8. The first kappa shape index (κ1) is 81.1. The molecule has 2 saturated heterocycles. The van der Waals surface area contributed by atoms with Crippen LogP contribution in [0.4, 0.5) is 0 Å². The number of hydrogen-bond donors (Lipinski definition) is 9. The molecule has 2 heterocycles. The van der Waals surface area contributed by atoms with E-state index in [0.717, 1.165) is 51.4 Å². The molecule has 2 aliphatic heterocycles. The fourth-order valence-electron chi connectivity index (χ4n) is 12.9. The average molecular weight is 1230 g/mol. The maximum absolute atomic E-state index is 13.4. The highest BCUT2D eigenvalue weighted by Crippen LogP contribution is 2.30. The predicted molar refractivity (Wildman–Crippen MR) is 351 cm³/mol. The maximum Gasteiger partial charge on any atom is 0.220 e. The van der Waals surface area contributed by atoms with Crippen LogP contribution in [0, 0.1) is 0 Å². The molecule has 14 nitrogen and oxygen atoms in total. The van der Waals surface area contributed by atoms with Crippen molar-refractivity contribution in [2.24, 2.45) is 0 Å². The molecular formula is C72H141NO13. The summed E-state index contributed by atoms with van der Waals surface area (Å²) < 4.78 is 23.0. The normalized spacial score (nSPS) is 23.3. The van der Waals surface area contributed by atoms with E-state index in [4.69, 9.17) is 18.9 Å². The standard InChI is InChI=1S/C72H141NO13/c1-3-5-7-9-11-13-15-17-19-21-23-25-27-28-29-30-31-32-33-34-36-38-40-42-44-46-48-50-52-54-56-64(77)73-60(59-83-71-69(82)67(80)70(63(58-75)85-71)86-72-68(81)66(79)65(78)62(57-74)84-72)61(76)55-53-51-49-47-45-43-41-39-37-35-26-24-22-20-18-16-14-12-10-8-6-4-2/h60-63,65-72,74-76,78-82H,3-59H2,1-2H3,(H,73,77). The van der Waals surface area contributed by atoms with Crippen molar-refractivity contribution in [2.75, 3.05) is 19.8 Å². The van der Waals surface area contributed by atoms with Gasteiger partial charge in [0.1, 0.15) is 48.8 Å². The highest BCUT2D eigenvalue weighted by molar-refractivity contribution is 5.76. The number of ether oxygens (including phenoxy) is 4. The highest BCUT2D eigenvalue weighted by Gasteiger charge is 2.51. The van der Waals surface area contributed by atoms with Gasteiger partial charge in [-0.2, -0.15) is 0 Å². The Balaban J connectivity index is 1.63. The zero-order chi connectivity index (χ0) is 62.3. The van der Waals surface area contributed by atoms with Gasteiger partial charge in [-0.3, -0.25) is 4.79 Å². The van der Waals surface area contributed by atoms with Gasteiger partial charge in [-0.15, -0.1) is 0 Å². The molecule has 0 aromatic carbocycles. The Labute approximate surface area is 527 Å². The summed E-state index contributed by atoms with van der Waals surface area (Å²) in [4.78, 5) is 13.4. The average Bonchev–Trinajstić information content (AvgIpc) is 2.54. The lowest BCUT2D eigenvalue weighted by atomic mass is 9.97. The minimum Gasteiger partial charge on any atom is -0.394 e. The van der Waals surface area contributed by atoms with Crippen LogP contribution in [0.15, 0.2) is 0 Å². The number of amides is 1. The Kier molecular flexibility index (Phi) is 54.5. The van der Waals surface area contributed by atoms with E-state index in [1.807, 2.05) is 0 Å². The number of unbranched alkanes of at least 4 members (excludes halogenated alkanes) is 50. The Morgan fingerprint density at radius 2 is 0.663 bits per heavy atom. The van der Waals surface area contributed by atoms with Crippen molar-refractivity contribution in [3.05, 3.63) is 0 Å². The van der Waals surface area contributed by atoms with E-state index < -0.39 is 86.8 Å². The van der Waals surface area contributed by atoms with Crippen LogP contribution in [0.2, 0.25) is 0 Å². The van der Waals surface area contributed by atoms with Crippen molar-refractivity contribution in [1.29, 1.82) is 0 Å². The molecule has 0 aromatic heterocycles. The van der Waals surface area contributed by atoms with Crippen LogP contribution in [0.1, 0.15) is 361 Å². The molecule has 2 rings (SSSR count). The summed E-state index contributed by atoms with van der Waals surface area (Å²) in [5.74, 6) is -0.196. The Morgan fingerprint density at radius 1 is 0.372 bits per heavy atom. The van der Waals surface area contributed by atoms with Crippen LogP contribution in [0.25, 0.3) is 0 Å². The van der Waals surface area contributed by atoms with Gasteiger partial charge >= 0.3 is 0 Å². The van der Waals surface area contributed by atoms with Crippen molar-refractivity contribution < 1.29 is 64.6 Å². The SMILES string of the molecule is CCCCCCCCCCCCCCCCCCCCCCCCCCCCCCCCC(=O)NC(COC1OC(CO)C(OC2OC(CO)C(O)C(O)C2O)C(O)C1O)C(O)CCCCCCCCCCCCCCCCCCCCCCCC. The first-order valence-corrected chi connectivity index (χ1v) is 37.3. The zero-order valence-electron chi connectivity index (χ0n) is 55.9. The van der Waals surface area contributed by atoms with E-state index in [0.29, 0.717) is 12.8 Å². The highest BCUT2D eigenvalue weighted by atomic mass is 16.7. The van der Waals surface area contributed by atoms with Gasteiger partial charge in [0.15, 0.2) is 12.6 Å². The van der Waals surface area contributed by atoms with Gasteiger partial charge in [0.2, 0.25) is 5.91 Å². The number of carbonyl (C=O) groups excluding carboxylic acids is 1. The van der Waals surface area contributed by atoms with Crippen LogP contribution in [0.3, 0.4) is 0 Å². The molecule has 0 radical (unpaired) electrons. The minimum atomic E-state index is -1.78. The smallest absolute Gasteiger partial charge is 0.220 e. The van der Waals surface area contributed by atoms with Gasteiger partial charge in [-0.25, -0.2) is 0 Å². The summed E-state index contributed by atoms with van der Waals surface area (Å²) in [6, 6.07) is -0.824. The topological polar surface area (TPSA) is 228 Å². The van der Waals surface area contributed by atoms with Crippen molar-refractivity contribution in [2.45, 2.75) is 434 Å². The molecule has 14 heteroatoms. The Bertz CT molecular complexity index is 1450. The van der Waals surface area contributed by atoms with E-state index in [9.17, 15) is 45.6 Å². The van der Waals surface area contributed by atoms with E-state index in [-0.39, 0.29) is 12.5 Å². The van der Waals surface area contributed by atoms with E-state index >= 15 is 0 Å². The molecule has 0 spiro atoms. The summed E-state index contributed by atoms with van der Waals surface area (Å²) in [5, 5.41) is 87.7. The lowest BCUT2D eigenvalue weighted by Gasteiger charge is -2.46. The van der Waals surface area contributed by atoms with Crippen LogP contribution in [-0.4, -0.2) is 140 Å². The van der Waals surface area contributed by atoms with Gasteiger partial charge in [0.25, 0.3) is 0 Å². The van der Waals surface area contributed by atoms with Crippen LogP contribution >= 0.6 is 0 Å². The summed E-state index contributed by atoms with van der Waals surface area (Å²) >= 11 is 0. The Morgan fingerprint density at radius 3 is 0.988 bits per heavy atom. The number of carbonyl (C=O) groups is 1. The molecule has 1 amide bonds. The van der Waals surface area contributed by atoms with Crippen molar-refractivity contribution in [1.82, 2.24) is 5.32 Å². The monoisotopic (exact) mass is 1230 g/mol. The fourth-order valence-corrected chi connectivity index (χ4v) is 12.9. The molecule has 0 saturated carbocycles. The van der Waals surface area contributed by atoms with Gasteiger partial charge in [-0.05, 0) is 12.8 Å². The predicted octanol–water partition coefficient (Wildman–Crippen LogP) is 15.6. The summed E-state index contributed by atoms with van der Waals surface area (Å²) in [6.45, 7) is 2.94. The molecule has 2 fully saturated rings. The first-order chi connectivity index (χ1) is 42.1. The number of aliphatic hydroxyl groups is 8. The van der Waals surface area contributed by atoms with E-state index in [1.54, 1.807) is 0 Å². The van der Waals surface area contributed by atoms with Gasteiger partial charge in [0.05, 0.1) is 32.0 Å². The summed E-state index contributed by atoms with van der Waals surface area (Å²) in [5.41, 5.74) is 0. The van der Waals surface area contributed by atoms with Gasteiger partial charge in [0, 0.05) is 6.42 Å². The fraction of sp³-hybridized carbons (Fsp3) is 0.986. The number of rotatable bonds is 63. The summed E-state index contributed by atoms with van der Waals surface area (Å²) in [6.07, 6.45) is 52.7. The van der Waals surface area contributed by atoms with Gasteiger partial charge < -0.3 is 65.1 Å². The molecule has 0 aromatic rings. The largest absolute Gasteiger partial charge is 0.394 e. The third-order valence-electron chi connectivity index (χ3n) is 18.8. The molecule has 0 bridgehead atoms. The quantitative estimate of drug-likeness (QED) is 0.0259. The summed E-state index contributed by atoms with van der Waals surface area (Å²) in [7, 11) is 0. The van der Waals surface area contributed by atoms with Crippen LogP contribution in [0.5, 0.6) is 0 Å². The molecule has 2 aliphatic rings. The molecule has 512 valence electrons.